The van der Waals surface area contributed by atoms with Crippen molar-refractivity contribution in [3.63, 3.8) is 0 Å². The van der Waals surface area contributed by atoms with Crippen molar-refractivity contribution < 1.29 is 14.6 Å². The second kappa shape index (κ2) is 8.87. The number of aromatic hydroxyl groups is 1. The zero-order valence-corrected chi connectivity index (χ0v) is 17.5. The summed E-state index contributed by atoms with van der Waals surface area (Å²) in [6.45, 7) is 5.21. The second-order valence-electron chi connectivity index (χ2n) is 7.20. The van der Waals surface area contributed by atoms with Crippen molar-refractivity contribution in [1.29, 1.82) is 0 Å². The highest BCUT2D eigenvalue weighted by Gasteiger charge is 2.23. The van der Waals surface area contributed by atoms with E-state index in [1.54, 1.807) is 13.0 Å². The van der Waals surface area contributed by atoms with E-state index in [0.29, 0.717) is 22.4 Å². The summed E-state index contributed by atoms with van der Waals surface area (Å²) in [5.41, 5.74) is 2.04. The molecule has 0 atom stereocenters. The van der Waals surface area contributed by atoms with E-state index in [9.17, 15) is 5.11 Å². The highest BCUT2D eigenvalue weighted by molar-refractivity contribution is 5.63. The number of benzene rings is 2. The van der Waals surface area contributed by atoms with E-state index < -0.39 is 0 Å². The molecule has 1 aliphatic carbocycles. The second-order valence-corrected chi connectivity index (χ2v) is 7.20. The van der Waals surface area contributed by atoms with Crippen molar-refractivity contribution in [2.75, 3.05) is 11.9 Å². The minimum atomic E-state index is -0.173. The lowest BCUT2D eigenvalue weighted by Crippen LogP contribution is -2.29. The molecule has 3 aromatic rings. The first-order chi connectivity index (χ1) is 15.1. The zero-order chi connectivity index (χ0) is 21.8. The molecular formula is C24H24N4O3. The molecule has 7 heteroatoms. The molecule has 4 rings (SSSR count). The summed E-state index contributed by atoms with van der Waals surface area (Å²) < 4.78 is 11.5. The number of hydrogen-bond donors (Lipinski definition) is 1. The van der Waals surface area contributed by atoms with Crippen LogP contribution in [0.25, 0.3) is 12.3 Å². The number of nitrogens with zero attached hydrogens (tertiary/aromatic N) is 4. The van der Waals surface area contributed by atoms with Gasteiger partial charge in [0.15, 0.2) is 0 Å². The quantitative estimate of drug-likeness (QED) is 0.594. The Morgan fingerprint density at radius 1 is 1.03 bits per heavy atom. The lowest BCUT2D eigenvalue weighted by Gasteiger charge is -2.20. The van der Waals surface area contributed by atoms with Gasteiger partial charge in [-0.1, -0.05) is 6.08 Å². The summed E-state index contributed by atoms with van der Waals surface area (Å²) in [4.78, 5) is 14.1. The maximum absolute atomic E-state index is 10.1. The number of hydrogen-bond acceptors (Lipinski definition) is 7. The van der Waals surface area contributed by atoms with Gasteiger partial charge in [0.2, 0.25) is 5.88 Å². The Balaban J connectivity index is 1.49. The summed E-state index contributed by atoms with van der Waals surface area (Å²) in [5.74, 6) is 1.28. The van der Waals surface area contributed by atoms with Crippen LogP contribution >= 0.6 is 0 Å². The van der Waals surface area contributed by atoms with E-state index in [2.05, 4.69) is 26.6 Å². The van der Waals surface area contributed by atoms with Gasteiger partial charge in [0, 0.05) is 18.4 Å². The molecule has 0 unspecified atom stereocenters. The lowest BCUT2D eigenvalue weighted by atomic mass is 10.2. The van der Waals surface area contributed by atoms with Crippen molar-refractivity contribution in [3.05, 3.63) is 59.1 Å². The molecule has 31 heavy (non-hydrogen) atoms. The van der Waals surface area contributed by atoms with Gasteiger partial charge < -0.3 is 19.5 Å². The third kappa shape index (κ3) is 4.83. The van der Waals surface area contributed by atoms with Crippen LogP contribution in [0, 0.1) is 0 Å². The summed E-state index contributed by atoms with van der Waals surface area (Å²) in [7, 11) is 2.00. The highest BCUT2D eigenvalue weighted by atomic mass is 16.5. The number of aliphatic imine (C=N–C) groups is 1. The van der Waals surface area contributed by atoms with E-state index in [1.807, 2.05) is 55.6 Å². The third-order valence-corrected chi connectivity index (χ3v) is 4.92. The number of ether oxygens (including phenoxy) is 2. The molecule has 0 aliphatic heterocycles. The van der Waals surface area contributed by atoms with Crippen LogP contribution in [0.15, 0.2) is 53.5 Å². The Morgan fingerprint density at radius 2 is 1.65 bits per heavy atom. The van der Waals surface area contributed by atoms with E-state index in [-0.39, 0.29) is 11.9 Å². The van der Waals surface area contributed by atoms with Gasteiger partial charge in [-0.25, -0.2) is 0 Å². The monoisotopic (exact) mass is 416 g/mol. The van der Waals surface area contributed by atoms with Crippen molar-refractivity contribution in [2.24, 2.45) is 4.99 Å². The molecule has 1 saturated carbocycles. The Labute approximate surface area is 180 Å². The van der Waals surface area contributed by atoms with Crippen molar-refractivity contribution >= 4 is 30.4 Å². The summed E-state index contributed by atoms with van der Waals surface area (Å²) in [6, 6.07) is 15.6. The first-order valence-electron chi connectivity index (χ1n) is 10.0. The number of aromatic nitrogens is 2. The molecule has 1 N–H and O–H groups in total. The standard InChI is InChI=1S/C24H24N4O3/c1-4-21-22(15-25-2)26-24(27-23(21)29)31-20-11-7-17(8-12-20)28(3)16-5-9-18(10-6-16)30-19-13-14-19/h4-12,15,19H,2,13-14H2,1,3H3,(H,26,27,29)/b21-4+,22-15+. The van der Waals surface area contributed by atoms with E-state index >= 15 is 0 Å². The van der Waals surface area contributed by atoms with Crippen LogP contribution in [0.1, 0.15) is 19.8 Å². The molecular weight excluding hydrogens is 392 g/mol. The van der Waals surface area contributed by atoms with E-state index in [0.717, 1.165) is 30.0 Å². The fourth-order valence-electron chi connectivity index (χ4n) is 3.08. The first-order valence-corrected chi connectivity index (χ1v) is 10.0. The topological polar surface area (TPSA) is 80.1 Å². The van der Waals surface area contributed by atoms with Crippen molar-refractivity contribution in [3.8, 4) is 23.4 Å². The normalized spacial score (nSPS) is 14.4. The molecule has 1 aromatic heterocycles. The molecule has 1 heterocycles. The lowest BCUT2D eigenvalue weighted by molar-refractivity contribution is 0.303. The van der Waals surface area contributed by atoms with Crippen LogP contribution in [0.4, 0.5) is 11.4 Å². The van der Waals surface area contributed by atoms with E-state index in [1.165, 1.54) is 6.20 Å². The van der Waals surface area contributed by atoms with Gasteiger partial charge in [-0.05, 0) is 75.0 Å². The third-order valence-electron chi connectivity index (χ3n) is 4.92. The smallest absolute Gasteiger partial charge is 0.325 e. The van der Waals surface area contributed by atoms with Crippen molar-refractivity contribution in [1.82, 2.24) is 9.97 Å². The maximum Gasteiger partial charge on any atom is 0.325 e. The van der Waals surface area contributed by atoms with Gasteiger partial charge in [-0.2, -0.15) is 9.97 Å². The Hall–Kier alpha value is -3.87. The number of rotatable bonds is 7. The zero-order valence-electron chi connectivity index (χ0n) is 17.5. The Morgan fingerprint density at radius 3 is 2.19 bits per heavy atom. The van der Waals surface area contributed by atoms with Gasteiger partial charge in [-0.3, -0.25) is 4.99 Å². The molecule has 158 valence electrons. The SMILES string of the molecule is C=N/C=c1/nc(Oc2ccc(N(C)c3ccc(OC4CC4)cc3)cc2)nc(O)/c1=C/C. The first kappa shape index (κ1) is 20.4. The molecule has 0 spiro atoms. The van der Waals surface area contributed by atoms with Gasteiger partial charge in [0.1, 0.15) is 11.5 Å². The van der Waals surface area contributed by atoms with Crippen LogP contribution in [0.2, 0.25) is 0 Å². The molecule has 7 nitrogen and oxygen atoms in total. The highest BCUT2D eigenvalue weighted by Crippen LogP contribution is 2.30. The molecule has 1 fully saturated rings. The Kier molecular flexibility index (Phi) is 5.84. The predicted octanol–water partition coefficient (Wildman–Crippen LogP) is 3.52. The predicted molar refractivity (Wildman–Crippen MR) is 122 cm³/mol. The van der Waals surface area contributed by atoms with Crippen LogP contribution in [0.5, 0.6) is 23.4 Å². The molecule has 0 bridgehead atoms. The van der Waals surface area contributed by atoms with Crippen LogP contribution in [-0.2, 0) is 0 Å². The average Bonchev–Trinajstić information content (AvgIpc) is 3.59. The fraction of sp³-hybridized carbons (Fsp3) is 0.208. The summed E-state index contributed by atoms with van der Waals surface area (Å²) >= 11 is 0. The summed E-state index contributed by atoms with van der Waals surface area (Å²) in [5, 5.41) is 11.0. The largest absolute Gasteiger partial charge is 0.493 e. The van der Waals surface area contributed by atoms with Gasteiger partial charge in [0.25, 0.3) is 0 Å². The minimum absolute atomic E-state index is 0.0327. The molecule has 0 radical (unpaired) electrons. The average molecular weight is 416 g/mol. The minimum Gasteiger partial charge on any atom is -0.493 e. The van der Waals surface area contributed by atoms with Crippen LogP contribution in [0.3, 0.4) is 0 Å². The molecule has 1 aliphatic rings. The number of anilines is 2. The maximum atomic E-state index is 10.1. The molecule has 0 amide bonds. The van der Waals surface area contributed by atoms with Gasteiger partial charge in [-0.15, -0.1) is 0 Å². The van der Waals surface area contributed by atoms with Gasteiger partial charge in [0.05, 0.1) is 22.9 Å². The molecule has 2 aromatic carbocycles. The van der Waals surface area contributed by atoms with Crippen molar-refractivity contribution in [2.45, 2.75) is 25.9 Å². The van der Waals surface area contributed by atoms with Crippen LogP contribution in [-0.4, -0.2) is 34.9 Å². The van der Waals surface area contributed by atoms with E-state index in [4.69, 9.17) is 9.47 Å². The van der Waals surface area contributed by atoms with Crippen LogP contribution < -0.4 is 24.9 Å². The molecule has 0 saturated heterocycles. The summed E-state index contributed by atoms with van der Waals surface area (Å²) in [6.07, 6.45) is 5.83. The fourth-order valence-corrected chi connectivity index (χ4v) is 3.08. The Bertz CT molecular complexity index is 1190. The van der Waals surface area contributed by atoms with Gasteiger partial charge >= 0.3 is 6.01 Å².